The van der Waals surface area contributed by atoms with Crippen LogP contribution in [0.5, 0.6) is 0 Å². The second-order valence-electron chi connectivity index (χ2n) is 3.78. The number of rotatable bonds is 1. The molecule has 4 heteroatoms. The molecule has 0 fully saturated rings. The Morgan fingerprint density at radius 3 is 2.67 bits per heavy atom. The van der Waals surface area contributed by atoms with Gasteiger partial charge in [-0.2, -0.15) is 0 Å². The van der Waals surface area contributed by atoms with E-state index in [0.717, 1.165) is 16.6 Å². The maximum absolute atomic E-state index is 5.90. The Labute approximate surface area is 93.3 Å². The molecule has 1 aromatic heterocycles. The van der Waals surface area contributed by atoms with E-state index in [1.54, 1.807) is 6.07 Å². The van der Waals surface area contributed by atoms with Crippen LogP contribution in [-0.4, -0.2) is 9.97 Å². The molecular weight excluding hydrogens is 210 g/mol. The van der Waals surface area contributed by atoms with Gasteiger partial charge in [0.2, 0.25) is 5.95 Å². The number of halogens is 1. The molecule has 0 saturated heterocycles. The van der Waals surface area contributed by atoms with Crippen LogP contribution in [0.4, 0.5) is 5.95 Å². The lowest BCUT2D eigenvalue weighted by Gasteiger charge is -2.09. The van der Waals surface area contributed by atoms with Crippen molar-refractivity contribution in [3.8, 4) is 0 Å². The van der Waals surface area contributed by atoms with Crippen molar-refractivity contribution < 1.29 is 0 Å². The number of fused-ring (bicyclic) bond motifs is 1. The largest absolute Gasteiger partial charge is 0.368 e. The molecule has 0 spiro atoms. The summed E-state index contributed by atoms with van der Waals surface area (Å²) in [5, 5.41) is 1.68. The van der Waals surface area contributed by atoms with Crippen LogP contribution >= 0.6 is 11.6 Å². The highest BCUT2D eigenvalue weighted by Crippen LogP contribution is 2.25. The van der Waals surface area contributed by atoms with Gasteiger partial charge in [-0.1, -0.05) is 25.4 Å². The molecule has 0 aliphatic heterocycles. The topological polar surface area (TPSA) is 51.8 Å². The molecule has 78 valence electrons. The lowest BCUT2D eigenvalue weighted by Crippen LogP contribution is -2.02. The first-order valence-electron chi connectivity index (χ1n) is 4.80. The van der Waals surface area contributed by atoms with Crippen LogP contribution in [0.2, 0.25) is 5.02 Å². The van der Waals surface area contributed by atoms with E-state index in [4.69, 9.17) is 17.3 Å². The van der Waals surface area contributed by atoms with Gasteiger partial charge in [0.15, 0.2) is 0 Å². The van der Waals surface area contributed by atoms with Crippen molar-refractivity contribution in [2.75, 3.05) is 5.73 Å². The molecule has 1 aromatic carbocycles. The van der Waals surface area contributed by atoms with E-state index in [0.29, 0.717) is 16.9 Å². The van der Waals surface area contributed by atoms with Crippen LogP contribution in [0.25, 0.3) is 10.9 Å². The molecule has 1 heterocycles. The van der Waals surface area contributed by atoms with Crippen molar-refractivity contribution in [3.63, 3.8) is 0 Å². The molecule has 2 N–H and O–H groups in total. The lowest BCUT2D eigenvalue weighted by atomic mass is 10.0. The van der Waals surface area contributed by atoms with Gasteiger partial charge in [0, 0.05) is 10.4 Å². The maximum atomic E-state index is 5.90. The highest BCUT2D eigenvalue weighted by Gasteiger charge is 2.09. The molecule has 0 atom stereocenters. The fourth-order valence-electron chi connectivity index (χ4n) is 1.59. The number of nitrogens with two attached hydrogens (primary N) is 1. The van der Waals surface area contributed by atoms with Crippen molar-refractivity contribution >= 4 is 28.5 Å². The molecule has 0 aliphatic carbocycles. The Bertz CT molecular complexity index is 503. The Morgan fingerprint density at radius 1 is 1.27 bits per heavy atom. The van der Waals surface area contributed by atoms with Gasteiger partial charge in [-0.25, -0.2) is 9.97 Å². The van der Waals surface area contributed by atoms with Gasteiger partial charge in [0.25, 0.3) is 0 Å². The van der Waals surface area contributed by atoms with Crippen LogP contribution in [0.1, 0.15) is 25.5 Å². The van der Waals surface area contributed by atoms with Gasteiger partial charge in [-0.05, 0) is 24.1 Å². The zero-order chi connectivity index (χ0) is 11.0. The molecule has 0 amide bonds. The van der Waals surface area contributed by atoms with Gasteiger partial charge in [-0.3, -0.25) is 0 Å². The van der Waals surface area contributed by atoms with E-state index in [2.05, 4.69) is 23.8 Å². The number of nitrogens with zero attached hydrogens (tertiary/aromatic N) is 2. The summed E-state index contributed by atoms with van der Waals surface area (Å²) >= 11 is 5.90. The zero-order valence-corrected chi connectivity index (χ0v) is 9.42. The fourth-order valence-corrected chi connectivity index (χ4v) is 1.75. The van der Waals surface area contributed by atoms with Gasteiger partial charge in [0.05, 0.1) is 11.2 Å². The number of anilines is 1. The number of nitrogen functional groups attached to an aromatic ring is 1. The minimum absolute atomic E-state index is 0.300. The molecular formula is C11H12ClN3. The van der Waals surface area contributed by atoms with E-state index < -0.39 is 0 Å². The highest BCUT2D eigenvalue weighted by atomic mass is 35.5. The molecule has 0 radical (unpaired) electrons. The molecule has 0 bridgehead atoms. The Hall–Kier alpha value is -1.35. The average Bonchev–Trinajstić information content (AvgIpc) is 2.15. The molecule has 15 heavy (non-hydrogen) atoms. The summed E-state index contributed by atoms with van der Waals surface area (Å²) in [6.07, 6.45) is 0. The summed E-state index contributed by atoms with van der Waals surface area (Å²) in [6, 6.07) is 5.59. The van der Waals surface area contributed by atoms with Crippen LogP contribution < -0.4 is 5.73 Å². The molecule has 0 unspecified atom stereocenters. The van der Waals surface area contributed by atoms with Gasteiger partial charge >= 0.3 is 0 Å². The van der Waals surface area contributed by atoms with Crippen molar-refractivity contribution in [2.45, 2.75) is 19.8 Å². The SMILES string of the molecule is CC(C)c1nc(N)nc2cc(Cl)ccc12. The maximum Gasteiger partial charge on any atom is 0.220 e. The average molecular weight is 222 g/mol. The predicted octanol–water partition coefficient (Wildman–Crippen LogP) is 2.99. The highest BCUT2D eigenvalue weighted by molar-refractivity contribution is 6.31. The Kier molecular flexibility index (Phi) is 2.49. The summed E-state index contributed by atoms with van der Waals surface area (Å²) in [4.78, 5) is 8.42. The van der Waals surface area contributed by atoms with Crippen LogP contribution in [-0.2, 0) is 0 Å². The molecule has 2 aromatic rings. The second-order valence-corrected chi connectivity index (χ2v) is 4.22. The number of hydrogen-bond acceptors (Lipinski definition) is 3. The third kappa shape index (κ3) is 1.88. The number of benzene rings is 1. The molecule has 0 aliphatic rings. The van der Waals surface area contributed by atoms with E-state index in [1.807, 2.05) is 12.1 Å². The van der Waals surface area contributed by atoms with Crippen LogP contribution in [0, 0.1) is 0 Å². The van der Waals surface area contributed by atoms with E-state index in [9.17, 15) is 0 Å². The van der Waals surface area contributed by atoms with Gasteiger partial charge in [-0.15, -0.1) is 0 Å². The number of aromatic nitrogens is 2. The predicted molar refractivity (Wildman–Crippen MR) is 63.0 cm³/mol. The Balaban J connectivity index is 2.80. The van der Waals surface area contributed by atoms with Crippen LogP contribution in [0.15, 0.2) is 18.2 Å². The van der Waals surface area contributed by atoms with Gasteiger partial charge in [0.1, 0.15) is 0 Å². The van der Waals surface area contributed by atoms with E-state index in [-0.39, 0.29) is 0 Å². The van der Waals surface area contributed by atoms with E-state index in [1.165, 1.54) is 0 Å². The standard InChI is InChI=1S/C11H12ClN3/c1-6(2)10-8-4-3-7(12)5-9(8)14-11(13)15-10/h3-6H,1-2H3,(H2,13,14,15). The zero-order valence-electron chi connectivity index (χ0n) is 8.66. The molecule has 0 saturated carbocycles. The van der Waals surface area contributed by atoms with E-state index >= 15 is 0 Å². The quantitative estimate of drug-likeness (QED) is 0.806. The fraction of sp³-hybridized carbons (Fsp3) is 0.273. The lowest BCUT2D eigenvalue weighted by molar-refractivity contribution is 0.832. The number of hydrogen-bond donors (Lipinski definition) is 1. The minimum atomic E-state index is 0.300. The minimum Gasteiger partial charge on any atom is -0.368 e. The Morgan fingerprint density at radius 2 is 2.00 bits per heavy atom. The normalized spacial score (nSPS) is 11.2. The summed E-state index contributed by atoms with van der Waals surface area (Å²) in [5.41, 5.74) is 7.42. The second kappa shape index (κ2) is 3.66. The smallest absolute Gasteiger partial charge is 0.220 e. The van der Waals surface area contributed by atoms with Gasteiger partial charge < -0.3 is 5.73 Å². The van der Waals surface area contributed by atoms with Crippen molar-refractivity contribution in [1.29, 1.82) is 0 Å². The summed E-state index contributed by atoms with van der Waals surface area (Å²) < 4.78 is 0. The van der Waals surface area contributed by atoms with Crippen LogP contribution in [0.3, 0.4) is 0 Å². The summed E-state index contributed by atoms with van der Waals surface area (Å²) in [5.74, 6) is 0.618. The first kappa shape index (κ1) is 10.2. The monoisotopic (exact) mass is 221 g/mol. The van der Waals surface area contributed by atoms with Crippen molar-refractivity contribution in [1.82, 2.24) is 9.97 Å². The third-order valence-corrected chi connectivity index (χ3v) is 2.49. The first-order chi connectivity index (χ1) is 7.08. The summed E-state index contributed by atoms with van der Waals surface area (Å²) in [7, 11) is 0. The summed E-state index contributed by atoms with van der Waals surface area (Å²) in [6.45, 7) is 4.16. The van der Waals surface area contributed by atoms with Crippen molar-refractivity contribution in [3.05, 3.63) is 28.9 Å². The van der Waals surface area contributed by atoms with Crippen molar-refractivity contribution in [2.24, 2.45) is 0 Å². The molecule has 2 rings (SSSR count). The molecule has 3 nitrogen and oxygen atoms in total. The first-order valence-corrected chi connectivity index (χ1v) is 5.18. The third-order valence-electron chi connectivity index (χ3n) is 2.25.